The van der Waals surface area contributed by atoms with Crippen molar-refractivity contribution in [2.75, 3.05) is 39.3 Å². The van der Waals surface area contributed by atoms with Gasteiger partial charge in [-0.1, -0.05) is 12.1 Å². The fourth-order valence-electron chi connectivity index (χ4n) is 2.55. The molecule has 1 aliphatic rings. The molecule has 0 radical (unpaired) electrons. The third-order valence-corrected chi connectivity index (χ3v) is 5.81. The number of halogens is 3. The average Bonchev–Trinajstić information content (AvgIpc) is 2.60. The van der Waals surface area contributed by atoms with Crippen LogP contribution in [0.5, 0.6) is 0 Å². The van der Waals surface area contributed by atoms with Crippen molar-refractivity contribution in [2.24, 2.45) is 0 Å². The summed E-state index contributed by atoms with van der Waals surface area (Å²) in [6.07, 6.45) is -4.51. The summed E-state index contributed by atoms with van der Waals surface area (Å²) in [6, 6.07) is 4.97. The maximum Gasteiger partial charge on any atom is 0.405 e. The van der Waals surface area contributed by atoms with E-state index in [1.807, 2.05) is 0 Å². The van der Waals surface area contributed by atoms with Crippen LogP contribution in [0.2, 0.25) is 0 Å². The molecule has 0 bridgehead atoms. The molecule has 150 valence electrons. The molecule has 0 spiro atoms. The molecule has 0 aromatic heterocycles. The van der Waals surface area contributed by atoms with Crippen molar-refractivity contribution in [3.05, 3.63) is 34.4 Å². The number of benzene rings is 1. The van der Waals surface area contributed by atoms with E-state index in [9.17, 15) is 36.5 Å². The van der Waals surface area contributed by atoms with Crippen molar-refractivity contribution in [3.63, 3.8) is 0 Å². The van der Waals surface area contributed by atoms with Crippen LogP contribution in [0, 0.1) is 10.1 Å². The number of hydrogen-bond acceptors (Lipinski definition) is 6. The third kappa shape index (κ3) is 5.61. The molecule has 1 aromatic carbocycles. The van der Waals surface area contributed by atoms with Gasteiger partial charge in [-0.25, -0.2) is 8.42 Å². The van der Waals surface area contributed by atoms with E-state index in [1.165, 1.54) is 17.0 Å². The number of amides is 1. The SMILES string of the molecule is O=C(CN1CCN(S(=O)(=O)c2ccccc2[N+](=O)[O-])CC1)NCC(F)(F)F. The van der Waals surface area contributed by atoms with Gasteiger partial charge in [0.05, 0.1) is 11.5 Å². The minimum atomic E-state index is -4.51. The molecule has 1 N–H and O–H groups in total. The highest BCUT2D eigenvalue weighted by Crippen LogP contribution is 2.26. The number of nitro groups is 1. The second-order valence-electron chi connectivity index (χ2n) is 5.80. The maximum atomic E-state index is 12.7. The molecule has 0 atom stereocenters. The van der Waals surface area contributed by atoms with Crippen LogP contribution in [0.15, 0.2) is 29.2 Å². The zero-order valence-electron chi connectivity index (χ0n) is 14.0. The topological polar surface area (TPSA) is 113 Å². The largest absolute Gasteiger partial charge is 0.405 e. The number of hydrogen-bond donors (Lipinski definition) is 1. The molecule has 0 unspecified atom stereocenters. The summed E-state index contributed by atoms with van der Waals surface area (Å²) in [5, 5.41) is 12.8. The molecule has 1 aromatic rings. The van der Waals surface area contributed by atoms with Gasteiger partial charge in [-0.3, -0.25) is 19.8 Å². The lowest BCUT2D eigenvalue weighted by molar-refractivity contribution is -0.387. The van der Waals surface area contributed by atoms with Gasteiger partial charge in [0.1, 0.15) is 6.54 Å². The summed E-state index contributed by atoms with van der Waals surface area (Å²) in [5.74, 6) is -0.817. The molecule has 13 heteroatoms. The number of alkyl halides is 3. The number of para-hydroxylation sites is 1. The van der Waals surface area contributed by atoms with E-state index in [2.05, 4.69) is 0 Å². The van der Waals surface area contributed by atoms with Crippen LogP contribution in [0.25, 0.3) is 0 Å². The summed E-state index contributed by atoms with van der Waals surface area (Å²) in [6.45, 7) is -1.59. The van der Waals surface area contributed by atoms with Crippen LogP contribution >= 0.6 is 0 Å². The second-order valence-corrected chi connectivity index (χ2v) is 7.70. The number of piperazine rings is 1. The van der Waals surface area contributed by atoms with Crippen molar-refractivity contribution in [3.8, 4) is 0 Å². The Morgan fingerprint density at radius 1 is 1.19 bits per heavy atom. The van der Waals surface area contributed by atoms with E-state index in [0.29, 0.717) is 0 Å². The fraction of sp³-hybridized carbons (Fsp3) is 0.500. The zero-order chi connectivity index (χ0) is 20.2. The minimum absolute atomic E-state index is 0.0407. The second kappa shape index (κ2) is 8.19. The Morgan fingerprint density at radius 2 is 1.78 bits per heavy atom. The van der Waals surface area contributed by atoms with Crippen LogP contribution in [0.1, 0.15) is 0 Å². The Balaban J connectivity index is 1.97. The molecule has 1 fully saturated rings. The van der Waals surface area contributed by atoms with E-state index >= 15 is 0 Å². The van der Waals surface area contributed by atoms with Crippen LogP contribution in [-0.4, -0.2) is 73.9 Å². The number of rotatable bonds is 6. The first-order valence-electron chi connectivity index (χ1n) is 7.80. The van der Waals surface area contributed by atoms with Crippen molar-refractivity contribution in [2.45, 2.75) is 11.1 Å². The molecule has 9 nitrogen and oxygen atoms in total. The highest BCUT2D eigenvalue weighted by Gasteiger charge is 2.34. The lowest BCUT2D eigenvalue weighted by atomic mass is 10.3. The Kier molecular flexibility index (Phi) is 6.38. The van der Waals surface area contributed by atoms with Crippen LogP contribution < -0.4 is 5.32 Å². The lowest BCUT2D eigenvalue weighted by Gasteiger charge is -2.33. The van der Waals surface area contributed by atoms with Gasteiger partial charge in [-0.15, -0.1) is 0 Å². The highest BCUT2D eigenvalue weighted by molar-refractivity contribution is 7.89. The van der Waals surface area contributed by atoms with Gasteiger partial charge in [0.25, 0.3) is 5.69 Å². The van der Waals surface area contributed by atoms with Gasteiger partial charge in [-0.2, -0.15) is 17.5 Å². The van der Waals surface area contributed by atoms with Crippen molar-refractivity contribution >= 4 is 21.6 Å². The molecular weight excluding hydrogens is 393 g/mol. The van der Waals surface area contributed by atoms with Crippen LogP contribution in [0.3, 0.4) is 0 Å². The number of nitrogens with zero attached hydrogens (tertiary/aromatic N) is 3. The number of carbonyl (C=O) groups is 1. The Labute approximate surface area is 152 Å². The number of nitrogens with one attached hydrogen (secondary N) is 1. The molecule has 1 amide bonds. The van der Waals surface area contributed by atoms with Gasteiger partial charge in [0.2, 0.25) is 15.9 Å². The minimum Gasteiger partial charge on any atom is -0.346 e. The van der Waals surface area contributed by atoms with Gasteiger partial charge in [0, 0.05) is 32.2 Å². The van der Waals surface area contributed by atoms with Gasteiger partial charge >= 0.3 is 6.18 Å². The summed E-state index contributed by atoms with van der Waals surface area (Å²) in [5.41, 5.74) is -0.536. The van der Waals surface area contributed by atoms with E-state index in [1.54, 1.807) is 5.32 Å². The summed E-state index contributed by atoms with van der Waals surface area (Å²) in [4.78, 5) is 22.9. The summed E-state index contributed by atoms with van der Waals surface area (Å²) >= 11 is 0. The van der Waals surface area contributed by atoms with E-state index in [0.717, 1.165) is 16.4 Å². The number of carbonyl (C=O) groups excluding carboxylic acids is 1. The van der Waals surface area contributed by atoms with E-state index < -0.39 is 44.2 Å². The van der Waals surface area contributed by atoms with Crippen molar-refractivity contribution in [1.82, 2.24) is 14.5 Å². The Morgan fingerprint density at radius 3 is 2.33 bits per heavy atom. The highest BCUT2D eigenvalue weighted by atomic mass is 32.2. The maximum absolute atomic E-state index is 12.7. The molecular formula is C14H17F3N4O5S. The van der Waals surface area contributed by atoms with Crippen LogP contribution in [0.4, 0.5) is 18.9 Å². The quantitative estimate of drug-likeness (QED) is 0.542. The van der Waals surface area contributed by atoms with Gasteiger partial charge in [0.15, 0.2) is 4.90 Å². The Hall–Kier alpha value is -2.25. The van der Waals surface area contributed by atoms with Crippen molar-refractivity contribution in [1.29, 1.82) is 0 Å². The predicted octanol–water partition coefficient (Wildman–Crippen LogP) is 0.580. The molecule has 1 heterocycles. The standard InChI is InChI=1S/C14H17F3N4O5S/c15-14(16,17)10-18-13(22)9-19-5-7-20(8-6-19)27(25,26)12-4-2-1-3-11(12)21(23)24/h1-4H,5-10H2,(H,18,22). The zero-order valence-corrected chi connectivity index (χ0v) is 14.8. The first kappa shape index (κ1) is 21.1. The number of sulfonamides is 1. The van der Waals surface area contributed by atoms with E-state index in [4.69, 9.17) is 0 Å². The smallest absolute Gasteiger partial charge is 0.346 e. The average molecular weight is 410 g/mol. The van der Waals surface area contributed by atoms with Gasteiger partial charge < -0.3 is 5.32 Å². The Bertz CT molecular complexity index is 807. The summed E-state index contributed by atoms with van der Waals surface area (Å²) < 4.78 is 62.6. The third-order valence-electron chi connectivity index (χ3n) is 3.86. The molecule has 1 aliphatic heterocycles. The molecule has 0 saturated carbocycles. The first-order chi connectivity index (χ1) is 12.5. The molecule has 27 heavy (non-hydrogen) atoms. The monoisotopic (exact) mass is 410 g/mol. The molecule has 1 saturated heterocycles. The first-order valence-corrected chi connectivity index (χ1v) is 9.24. The molecule has 2 rings (SSSR count). The normalized spacial score (nSPS) is 16.9. The number of nitro benzene ring substituents is 1. The lowest BCUT2D eigenvalue weighted by Crippen LogP contribution is -2.51. The van der Waals surface area contributed by atoms with E-state index in [-0.39, 0.29) is 32.7 Å². The summed E-state index contributed by atoms with van der Waals surface area (Å²) in [7, 11) is -4.10. The van der Waals surface area contributed by atoms with Crippen LogP contribution in [-0.2, 0) is 14.8 Å². The molecule has 0 aliphatic carbocycles. The predicted molar refractivity (Wildman–Crippen MR) is 87.4 cm³/mol. The fourth-order valence-corrected chi connectivity index (χ4v) is 4.13. The van der Waals surface area contributed by atoms with Crippen molar-refractivity contribution < 1.29 is 31.3 Å². The van der Waals surface area contributed by atoms with Gasteiger partial charge in [-0.05, 0) is 6.07 Å².